The van der Waals surface area contributed by atoms with Crippen LogP contribution < -0.4 is 0 Å². The molecule has 0 amide bonds. The molecule has 0 aliphatic rings. The molecule has 1 atom stereocenters. The van der Waals surface area contributed by atoms with Gasteiger partial charge in [0.05, 0.1) is 5.60 Å². The maximum Gasteiger partial charge on any atom is 0.129 e. The molecule has 0 radical (unpaired) electrons. The van der Waals surface area contributed by atoms with Gasteiger partial charge in [0.2, 0.25) is 0 Å². The highest BCUT2D eigenvalue weighted by Crippen LogP contribution is 2.31. The number of halogens is 3. The molecule has 0 fully saturated rings. The first-order valence-electron chi connectivity index (χ1n) is 5.81. The quantitative estimate of drug-likeness (QED) is 0.900. The van der Waals surface area contributed by atoms with Crippen molar-refractivity contribution in [3.8, 4) is 0 Å². The Morgan fingerprint density at radius 1 is 1.16 bits per heavy atom. The van der Waals surface area contributed by atoms with Gasteiger partial charge in [-0.1, -0.05) is 35.9 Å². The van der Waals surface area contributed by atoms with Crippen LogP contribution in [0.4, 0.5) is 8.78 Å². The molecule has 0 aromatic heterocycles. The van der Waals surface area contributed by atoms with Crippen LogP contribution in [0.1, 0.15) is 18.1 Å². The van der Waals surface area contributed by atoms with E-state index in [0.29, 0.717) is 10.6 Å². The lowest BCUT2D eigenvalue weighted by molar-refractivity contribution is 0.0568. The van der Waals surface area contributed by atoms with Crippen molar-refractivity contribution in [1.29, 1.82) is 0 Å². The minimum Gasteiger partial charge on any atom is -0.385 e. The topological polar surface area (TPSA) is 20.2 Å². The maximum absolute atomic E-state index is 13.6. The molecule has 1 N–H and O–H groups in total. The first-order chi connectivity index (χ1) is 8.90. The number of rotatable bonds is 3. The van der Waals surface area contributed by atoms with Gasteiger partial charge in [0.25, 0.3) is 0 Å². The smallest absolute Gasteiger partial charge is 0.129 e. The third-order valence-corrected chi connectivity index (χ3v) is 3.33. The molecule has 0 saturated heterocycles. The van der Waals surface area contributed by atoms with Crippen molar-refractivity contribution < 1.29 is 13.9 Å². The third kappa shape index (κ3) is 3.11. The predicted molar refractivity (Wildman–Crippen MR) is 71.1 cm³/mol. The minimum atomic E-state index is -1.32. The molecule has 2 aromatic rings. The SMILES string of the molecule is CC(O)(Cc1ccc(F)cc1F)c1ccccc1Cl. The Morgan fingerprint density at radius 2 is 1.84 bits per heavy atom. The summed E-state index contributed by atoms with van der Waals surface area (Å²) in [6.45, 7) is 1.55. The largest absolute Gasteiger partial charge is 0.385 e. The van der Waals surface area contributed by atoms with E-state index in [-0.39, 0.29) is 12.0 Å². The Balaban J connectivity index is 2.33. The third-order valence-electron chi connectivity index (χ3n) is 3.00. The average Bonchev–Trinajstić information content (AvgIpc) is 2.33. The van der Waals surface area contributed by atoms with Gasteiger partial charge in [0.1, 0.15) is 11.6 Å². The summed E-state index contributed by atoms with van der Waals surface area (Å²) in [5, 5.41) is 10.9. The number of aliphatic hydroxyl groups is 1. The summed E-state index contributed by atoms with van der Waals surface area (Å²) >= 11 is 6.03. The molecule has 2 aromatic carbocycles. The monoisotopic (exact) mass is 282 g/mol. The highest BCUT2D eigenvalue weighted by atomic mass is 35.5. The Hall–Kier alpha value is -1.45. The van der Waals surface area contributed by atoms with E-state index in [2.05, 4.69) is 0 Å². The van der Waals surface area contributed by atoms with Crippen molar-refractivity contribution in [2.75, 3.05) is 0 Å². The maximum atomic E-state index is 13.6. The van der Waals surface area contributed by atoms with Crippen molar-refractivity contribution in [1.82, 2.24) is 0 Å². The molecule has 2 rings (SSSR count). The molecule has 19 heavy (non-hydrogen) atoms. The van der Waals surface area contributed by atoms with Crippen molar-refractivity contribution >= 4 is 11.6 Å². The molecule has 100 valence electrons. The number of benzene rings is 2. The minimum absolute atomic E-state index is 0.0167. The van der Waals surface area contributed by atoms with Gasteiger partial charge in [-0.2, -0.15) is 0 Å². The van der Waals surface area contributed by atoms with E-state index in [1.54, 1.807) is 31.2 Å². The van der Waals surface area contributed by atoms with Crippen molar-refractivity contribution in [3.63, 3.8) is 0 Å². The van der Waals surface area contributed by atoms with Gasteiger partial charge in [-0.15, -0.1) is 0 Å². The van der Waals surface area contributed by atoms with Crippen LogP contribution >= 0.6 is 11.6 Å². The van der Waals surface area contributed by atoms with E-state index in [9.17, 15) is 13.9 Å². The van der Waals surface area contributed by atoms with Crippen molar-refractivity contribution in [2.24, 2.45) is 0 Å². The van der Waals surface area contributed by atoms with E-state index in [1.807, 2.05) is 0 Å². The normalized spacial score (nSPS) is 14.2. The summed E-state index contributed by atoms with van der Waals surface area (Å²) in [4.78, 5) is 0. The van der Waals surface area contributed by atoms with Crippen LogP contribution in [-0.4, -0.2) is 5.11 Å². The molecule has 0 spiro atoms. The van der Waals surface area contributed by atoms with E-state index < -0.39 is 17.2 Å². The predicted octanol–water partition coefficient (Wildman–Crippen LogP) is 4.07. The standard InChI is InChI=1S/C15H13ClF2O/c1-15(19,12-4-2-3-5-13(12)16)9-10-6-7-11(17)8-14(10)18/h2-8,19H,9H2,1H3. The lowest BCUT2D eigenvalue weighted by atomic mass is 9.89. The summed E-state index contributed by atoms with van der Waals surface area (Å²) < 4.78 is 26.5. The summed E-state index contributed by atoms with van der Waals surface area (Å²) in [6, 6.07) is 10.1. The van der Waals surface area contributed by atoms with Gasteiger partial charge < -0.3 is 5.11 Å². The Bertz CT molecular complexity index is 596. The van der Waals surface area contributed by atoms with Gasteiger partial charge in [0, 0.05) is 23.1 Å². The summed E-state index contributed by atoms with van der Waals surface area (Å²) in [5.74, 6) is -1.31. The number of hydrogen-bond acceptors (Lipinski definition) is 1. The van der Waals surface area contributed by atoms with Crippen molar-refractivity contribution in [2.45, 2.75) is 18.9 Å². The first kappa shape index (κ1) is 14.0. The molecular formula is C15H13ClF2O. The molecule has 4 heteroatoms. The van der Waals surface area contributed by atoms with Crippen LogP contribution in [0.5, 0.6) is 0 Å². The molecule has 0 bridgehead atoms. The molecule has 0 heterocycles. The van der Waals surface area contributed by atoms with Crippen molar-refractivity contribution in [3.05, 3.63) is 70.2 Å². The second-order valence-corrected chi connectivity index (χ2v) is 5.07. The fraction of sp³-hybridized carbons (Fsp3) is 0.200. The lowest BCUT2D eigenvalue weighted by Gasteiger charge is -2.25. The highest BCUT2D eigenvalue weighted by Gasteiger charge is 2.27. The van der Waals surface area contributed by atoms with Crippen LogP contribution in [0.25, 0.3) is 0 Å². The zero-order valence-corrected chi connectivity index (χ0v) is 11.1. The van der Waals surface area contributed by atoms with E-state index >= 15 is 0 Å². The zero-order chi connectivity index (χ0) is 14.0. The van der Waals surface area contributed by atoms with E-state index in [4.69, 9.17) is 11.6 Å². The highest BCUT2D eigenvalue weighted by molar-refractivity contribution is 6.31. The summed E-state index contributed by atoms with van der Waals surface area (Å²) in [7, 11) is 0. The average molecular weight is 283 g/mol. The molecular weight excluding hydrogens is 270 g/mol. The lowest BCUT2D eigenvalue weighted by Crippen LogP contribution is -2.25. The Morgan fingerprint density at radius 3 is 2.47 bits per heavy atom. The number of hydrogen-bond donors (Lipinski definition) is 1. The van der Waals surface area contributed by atoms with Gasteiger partial charge in [-0.3, -0.25) is 0 Å². The fourth-order valence-electron chi connectivity index (χ4n) is 2.03. The second-order valence-electron chi connectivity index (χ2n) is 4.67. The van der Waals surface area contributed by atoms with Crippen LogP contribution in [-0.2, 0) is 12.0 Å². The Kier molecular flexibility index (Phi) is 3.88. The molecule has 1 nitrogen and oxygen atoms in total. The molecule has 0 saturated carbocycles. The molecule has 0 aliphatic heterocycles. The second kappa shape index (κ2) is 5.27. The van der Waals surface area contributed by atoms with Gasteiger partial charge in [-0.25, -0.2) is 8.78 Å². The van der Waals surface area contributed by atoms with Crippen LogP contribution in [0.15, 0.2) is 42.5 Å². The van der Waals surface area contributed by atoms with Gasteiger partial charge in [0.15, 0.2) is 0 Å². The fourth-order valence-corrected chi connectivity index (χ4v) is 2.37. The van der Waals surface area contributed by atoms with Crippen LogP contribution in [0.2, 0.25) is 5.02 Å². The molecule has 1 unspecified atom stereocenters. The summed E-state index contributed by atoms with van der Waals surface area (Å²) in [6.07, 6.45) is 0.0167. The van der Waals surface area contributed by atoms with E-state index in [1.165, 1.54) is 12.1 Å². The van der Waals surface area contributed by atoms with E-state index in [0.717, 1.165) is 6.07 Å². The van der Waals surface area contributed by atoms with Crippen LogP contribution in [0, 0.1) is 11.6 Å². The van der Waals surface area contributed by atoms with Gasteiger partial charge >= 0.3 is 0 Å². The van der Waals surface area contributed by atoms with Crippen LogP contribution in [0.3, 0.4) is 0 Å². The first-order valence-corrected chi connectivity index (χ1v) is 6.19. The Labute approximate surface area is 115 Å². The van der Waals surface area contributed by atoms with Gasteiger partial charge in [-0.05, 0) is 24.6 Å². The summed E-state index contributed by atoms with van der Waals surface area (Å²) in [5.41, 5.74) is -0.566. The zero-order valence-electron chi connectivity index (χ0n) is 10.3. The molecule has 0 aliphatic carbocycles.